The number of carbonyl (C=O) groups is 1. The van der Waals surface area contributed by atoms with Crippen molar-refractivity contribution in [3.63, 3.8) is 0 Å². The van der Waals surface area contributed by atoms with Crippen molar-refractivity contribution in [1.29, 1.82) is 0 Å². The highest BCUT2D eigenvalue weighted by Crippen LogP contribution is 2.42. The summed E-state index contributed by atoms with van der Waals surface area (Å²) in [5.41, 5.74) is 0.953. The van der Waals surface area contributed by atoms with Crippen molar-refractivity contribution in [2.45, 2.75) is 37.4 Å². The summed E-state index contributed by atoms with van der Waals surface area (Å²) in [5, 5.41) is 6.25. The second-order valence-electron chi connectivity index (χ2n) is 7.46. The van der Waals surface area contributed by atoms with Gasteiger partial charge in [-0.05, 0) is 67.6 Å². The van der Waals surface area contributed by atoms with Gasteiger partial charge in [0.2, 0.25) is 0 Å². The minimum Gasteiger partial charge on any atom is -0.322 e. The van der Waals surface area contributed by atoms with Crippen molar-refractivity contribution >= 4 is 11.6 Å². The highest BCUT2D eigenvalue weighted by Gasteiger charge is 2.38. The van der Waals surface area contributed by atoms with Gasteiger partial charge < -0.3 is 10.6 Å². The first-order valence-electron chi connectivity index (χ1n) is 9.22. The smallest absolute Gasteiger partial charge is 0.322 e. The molecular weight excluding hydrogens is 353 g/mol. The number of rotatable bonds is 6. The van der Waals surface area contributed by atoms with E-state index >= 15 is 0 Å². The highest BCUT2D eigenvalue weighted by molar-refractivity contribution is 6.04. The van der Waals surface area contributed by atoms with Crippen LogP contribution in [0.2, 0.25) is 0 Å². The molecule has 27 heavy (non-hydrogen) atoms. The fourth-order valence-corrected chi connectivity index (χ4v) is 3.28. The predicted molar refractivity (Wildman–Crippen MR) is 97.7 cm³/mol. The van der Waals surface area contributed by atoms with Crippen LogP contribution in [0.1, 0.15) is 46.7 Å². The van der Waals surface area contributed by atoms with Crippen LogP contribution in [0.15, 0.2) is 48.5 Å². The maximum atomic E-state index is 12.8. The lowest BCUT2D eigenvalue weighted by atomic mass is 10.1. The van der Waals surface area contributed by atoms with Crippen molar-refractivity contribution in [2.24, 2.45) is 5.92 Å². The summed E-state index contributed by atoms with van der Waals surface area (Å²) in [7, 11) is 0. The SMILES string of the molecule is O=C(Nc1ccc([C@@H]2C[C@H]2NCC2CC2)cc1)c1cccc(C(F)(F)F)c1. The molecule has 3 nitrogen and oxygen atoms in total. The van der Waals surface area contributed by atoms with Crippen LogP contribution in [0.5, 0.6) is 0 Å². The van der Waals surface area contributed by atoms with E-state index in [0.29, 0.717) is 17.6 Å². The monoisotopic (exact) mass is 374 g/mol. The quantitative estimate of drug-likeness (QED) is 0.762. The molecule has 4 rings (SSSR count). The summed E-state index contributed by atoms with van der Waals surface area (Å²) >= 11 is 0. The van der Waals surface area contributed by atoms with Crippen molar-refractivity contribution < 1.29 is 18.0 Å². The van der Waals surface area contributed by atoms with Crippen LogP contribution in [0.3, 0.4) is 0 Å². The summed E-state index contributed by atoms with van der Waals surface area (Å²) in [6, 6.07) is 12.5. The third-order valence-electron chi connectivity index (χ3n) is 5.20. The molecule has 1 amide bonds. The normalized spacial score (nSPS) is 21.7. The van der Waals surface area contributed by atoms with E-state index in [4.69, 9.17) is 0 Å². The van der Waals surface area contributed by atoms with Crippen LogP contribution in [0.4, 0.5) is 18.9 Å². The van der Waals surface area contributed by atoms with Crippen LogP contribution in [-0.4, -0.2) is 18.5 Å². The van der Waals surface area contributed by atoms with Gasteiger partial charge in [0.05, 0.1) is 5.56 Å². The van der Waals surface area contributed by atoms with Crippen molar-refractivity contribution in [3.05, 3.63) is 65.2 Å². The van der Waals surface area contributed by atoms with E-state index in [1.165, 1.54) is 30.5 Å². The Bertz CT molecular complexity index is 828. The van der Waals surface area contributed by atoms with Crippen molar-refractivity contribution in [2.75, 3.05) is 11.9 Å². The molecule has 0 bridgehead atoms. The molecule has 2 fully saturated rings. The molecule has 0 unspecified atom stereocenters. The van der Waals surface area contributed by atoms with Crippen LogP contribution < -0.4 is 10.6 Å². The third-order valence-corrected chi connectivity index (χ3v) is 5.20. The Morgan fingerprint density at radius 1 is 1.07 bits per heavy atom. The Hall–Kier alpha value is -2.34. The molecular formula is C21H21F3N2O. The van der Waals surface area contributed by atoms with Gasteiger partial charge in [0.25, 0.3) is 5.91 Å². The van der Waals surface area contributed by atoms with Gasteiger partial charge in [0.1, 0.15) is 0 Å². The van der Waals surface area contributed by atoms with E-state index in [-0.39, 0.29) is 5.56 Å². The number of amides is 1. The third kappa shape index (κ3) is 4.50. The van der Waals surface area contributed by atoms with Gasteiger partial charge in [-0.15, -0.1) is 0 Å². The number of benzene rings is 2. The van der Waals surface area contributed by atoms with Crippen LogP contribution in [0, 0.1) is 5.92 Å². The average molecular weight is 374 g/mol. The van der Waals surface area contributed by atoms with Gasteiger partial charge in [-0.1, -0.05) is 18.2 Å². The van der Waals surface area contributed by atoms with Gasteiger partial charge in [-0.3, -0.25) is 4.79 Å². The van der Waals surface area contributed by atoms with E-state index in [2.05, 4.69) is 10.6 Å². The topological polar surface area (TPSA) is 41.1 Å². The largest absolute Gasteiger partial charge is 0.416 e. The molecule has 6 heteroatoms. The molecule has 2 N–H and O–H groups in total. The van der Waals surface area contributed by atoms with E-state index in [1.54, 1.807) is 12.1 Å². The van der Waals surface area contributed by atoms with E-state index < -0.39 is 17.6 Å². The Labute approximate surface area is 156 Å². The minimum absolute atomic E-state index is 0.0135. The van der Waals surface area contributed by atoms with Gasteiger partial charge in [0, 0.05) is 23.2 Å². The first-order chi connectivity index (χ1) is 12.9. The standard InChI is InChI=1S/C21H21F3N2O/c22-21(23,24)16-3-1-2-15(10-16)20(27)26-17-8-6-14(7-9-17)18-11-19(18)25-12-13-4-5-13/h1-3,6-10,13,18-19,25H,4-5,11-12H2,(H,26,27)/t18-,19+/m0/s1. The fourth-order valence-electron chi connectivity index (χ4n) is 3.28. The first kappa shape index (κ1) is 18.0. The number of halogens is 3. The van der Waals surface area contributed by atoms with Gasteiger partial charge in [-0.2, -0.15) is 13.2 Å². The summed E-state index contributed by atoms with van der Waals surface area (Å²) in [6.45, 7) is 1.10. The molecule has 0 heterocycles. The molecule has 0 spiro atoms. The molecule has 2 aliphatic rings. The number of anilines is 1. The fraction of sp³-hybridized carbons (Fsp3) is 0.381. The van der Waals surface area contributed by atoms with Gasteiger partial charge >= 0.3 is 6.18 Å². The first-order valence-corrected chi connectivity index (χ1v) is 9.22. The molecule has 2 aromatic rings. The van der Waals surface area contributed by atoms with Crippen molar-refractivity contribution in [1.82, 2.24) is 5.32 Å². The minimum atomic E-state index is -4.47. The molecule has 2 aliphatic carbocycles. The number of hydrogen-bond acceptors (Lipinski definition) is 2. The maximum absolute atomic E-state index is 12.8. The number of carbonyl (C=O) groups excluding carboxylic acids is 1. The second-order valence-corrected chi connectivity index (χ2v) is 7.46. The zero-order valence-corrected chi connectivity index (χ0v) is 14.7. The Kier molecular flexibility index (Phi) is 4.68. The summed E-state index contributed by atoms with van der Waals surface area (Å²) in [6.07, 6.45) is -0.662. The summed E-state index contributed by atoms with van der Waals surface area (Å²) in [5.74, 6) is 0.820. The molecule has 2 atom stereocenters. The van der Waals surface area contributed by atoms with E-state index in [1.807, 2.05) is 12.1 Å². The Morgan fingerprint density at radius 3 is 2.48 bits per heavy atom. The van der Waals surface area contributed by atoms with Crippen LogP contribution in [0.25, 0.3) is 0 Å². The number of alkyl halides is 3. The zero-order chi connectivity index (χ0) is 19.0. The molecule has 2 aromatic carbocycles. The summed E-state index contributed by atoms with van der Waals surface area (Å²) in [4.78, 5) is 12.2. The molecule has 0 aliphatic heterocycles. The maximum Gasteiger partial charge on any atom is 0.416 e. The van der Waals surface area contributed by atoms with E-state index in [9.17, 15) is 18.0 Å². The summed E-state index contributed by atoms with van der Waals surface area (Å²) < 4.78 is 38.3. The lowest BCUT2D eigenvalue weighted by Crippen LogP contribution is -2.20. The predicted octanol–water partition coefficient (Wildman–Crippen LogP) is 4.81. The second kappa shape index (κ2) is 7.00. The van der Waals surface area contributed by atoms with Crippen LogP contribution in [-0.2, 0) is 6.18 Å². The Morgan fingerprint density at radius 2 is 1.81 bits per heavy atom. The van der Waals surface area contributed by atoms with Crippen LogP contribution >= 0.6 is 0 Å². The molecule has 0 radical (unpaired) electrons. The molecule has 2 saturated carbocycles. The average Bonchev–Trinajstić information content (AvgIpc) is 3.54. The lowest BCUT2D eigenvalue weighted by molar-refractivity contribution is -0.137. The number of hydrogen-bond donors (Lipinski definition) is 2. The molecule has 0 aromatic heterocycles. The zero-order valence-electron chi connectivity index (χ0n) is 14.7. The highest BCUT2D eigenvalue weighted by atomic mass is 19.4. The molecule has 142 valence electrons. The van der Waals surface area contributed by atoms with Crippen molar-refractivity contribution in [3.8, 4) is 0 Å². The Balaban J connectivity index is 1.35. The van der Waals surface area contributed by atoms with Gasteiger partial charge in [-0.25, -0.2) is 0 Å². The number of nitrogens with one attached hydrogen (secondary N) is 2. The van der Waals surface area contributed by atoms with Gasteiger partial charge in [0.15, 0.2) is 0 Å². The van der Waals surface area contributed by atoms with E-state index in [0.717, 1.165) is 31.0 Å². The lowest BCUT2D eigenvalue weighted by Gasteiger charge is -2.10. The molecule has 0 saturated heterocycles.